The molecule has 0 amide bonds. The zero-order valence-corrected chi connectivity index (χ0v) is 10.6. The van der Waals surface area contributed by atoms with Crippen LogP contribution in [-0.4, -0.2) is 37.7 Å². The van der Waals surface area contributed by atoms with E-state index in [1.54, 1.807) is 0 Å². The number of halogens is 2. The number of nitro benzene ring substituents is 1. The predicted octanol–water partition coefficient (Wildman–Crippen LogP) is 1.06. The van der Waals surface area contributed by atoms with Crippen LogP contribution in [0.5, 0.6) is 0 Å². The Morgan fingerprint density at radius 2 is 2.05 bits per heavy atom. The molecule has 0 unspecified atom stereocenters. The summed E-state index contributed by atoms with van der Waals surface area (Å²) in [5, 5.41) is 10.8. The number of benzene rings is 1. The van der Waals surface area contributed by atoms with E-state index in [0.717, 1.165) is 25.2 Å². The van der Waals surface area contributed by atoms with Crippen LogP contribution in [0.25, 0.3) is 0 Å². The van der Waals surface area contributed by atoms with Crippen LogP contribution < -0.4 is 5.73 Å². The van der Waals surface area contributed by atoms with Crippen molar-refractivity contribution in [1.82, 2.24) is 4.31 Å². The lowest BCUT2D eigenvalue weighted by atomic mass is 10.3. The van der Waals surface area contributed by atoms with Crippen LogP contribution in [0.3, 0.4) is 0 Å². The lowest BCUT2D eigenvalue weighted by molar-refractivity contribution is -0.387. The molecule has 7 nitrogen and oxygen atoms in total. The van der Waals surface area contributed by atoms with Crippen LogP contribution in [0, 0.1) is 10.1 Å². The Balaban J connectivity index is 3.33. The van der Waals surface area contributed by atoms with Crippen molar-refractivity contribution < 1.29 is 22.1 Å². The van der Waals surface area contributed by atoms with Crippen LogP contribution in [0.15, 0.2) is 23.1 Å². The lowest BCUT2D eigenvalue weighted by Gasteiger charge is -2.16. The van der Waals surface area contributed by atoms with Crippen molar-refractivity contribution in [3.05, 3.63) is 28.3 Å². The van der Waals surface area contributed by atoms with Crippen molar-refractivity contribution in [2.45, 2.75) is 11.3 Å². The Morgan fingerprint density at radius 1 is 1.47 bits per heavy atom. The zero-order chi connectivity index (χ0) is 14.8. The highest BCUT2D eigenvalue weighted by Gasteiger charge is 2.30. The molecule has 0 radical (unpaired) electrons. The maximum atomic E-state index is 12.2. The summed E-state index contributed by atoms with van der Waals surface area (Å²) in [4.78, 5) is 9.18. The van der Waals surface area contributed by atoms with E-state index in [4.69, 9.17) is 5.73 Å². The van der Waals surface area contributed by atoms with Gasteiger partial charge in [-0.25, -0.2) is 17.2 Å². The summed E-state index contributed by atoms with van der Waals surface area (Å²) in [7, 11) is -3.45. The molecule has 0 aliphatic carbocycles. The molecule has 0 fully saturated rings. The second-order valence-corrected chi connectivity index (χ2v) is 5.67. The van der Waals surface area contributed by atoms with Crippen molar-refractivity contribution >= 4 is 21.4 Å². The first kappa shape index (κ1) is 15.2. The SMILES string of the molecule is CN(CC(F)F)S(=O)(=O)c1ccc(N)cc1[N+](=O)[O-]. The van der Waals surface area contributed by atoms with Gasteiger partial charge >= 0.3 is 0 Å². The molecular weight excluding hydrogens is 284 g/mol. The number of sulfonamides is 1. The lowest BCUT2D eigenvalue weighted by Crippen LogP contribution is -2.31. The number of nitro groups is 1. The van der Waals surface area contributed by atoms with Gasteiger partial charge in [-0.3, -0.25) is 10.1 Å². The summed E-state index contributed by atoms with van der Waals surface area (Å²) >= 11 is 0. The third-order valence-electron chi connectivity index (χ3n) is 2.26. The van der Waals surface area contributed by atoms with Crippen molar-refractivity contribution in [3.8, 4) is 0 Å². The molecule has 2 N–H and O–H groups in total. The van der Waals surface area contributed by atoms with Gasteiger partial charge in [-0.2, -0.15) is 4.31 Å². The minimum atomic E-state index is -4.37. The van der Waals surface area contributed by atoms with E-state index in [1.165, 1.54) is 0 Å². The van der Waals surface area contributed by atoms with Crippen molar-refractivity contribution in [1.29, 1.82) is 0 Å². The smallest absolute Gasteiger partial charge is 0.291 e. The molecule has 0 spiro atoms. The fourth-order valence-electron chi connectivity index (χ4n) is 1.36. The third-order valence-corrected chi connectivity index (χ3v) is 4.13. The van der Waals surface area contributed by atoms with Gasteiger partial charge < -0.3 is 5.73 Å². The second-order valence-electron chi connectivity index (χ2n) is 3.66. The summed E-state index contributed by atoms with van der Waals surface area (Å²) in [5.41, 5.74) is 4.59. The van der Waals surface area contributed by atoms with Gasteiger partial charge in [0.1, 0.15) is 0 Å². The van der Waals surface area contributed by atoms with Crippen LogP contribution in [0.2, 0.25) is 0 Å². The normalized spacial score (nSPS) is 12.1. The van der Waals surface area contributed by atoms with Gasteiger partial charge in [0.2, 0.25) is 10.0 Å². The first-order valence-electron chi connectivity index (χ1n) is 4.94. The first-order valence-corrected chi connectivity index (χ1v) is 6.38. The Kier molecular flexibility index (Phi) is 4.37. The summed E-state index contributed by atoms with van der Waals surface area (Å²) in [6.07, 6.45) is -2.88. The Morgan fingerprint density at radius 3 is 2.53 bits per heavy atom. The largest absolute Gasteiger partial charge is 0.399 e. The van der Waals surface area contributed by atoms with E-state index in [0.29, 0.717) is 4.31 Å². The summed E-state index contributed by atoms with van der Waals surface area (Å²) in [6, 6.07) is 2.93. The van der Waals surface area contributed by atoms with E-state index in [1.807, 2.05) is 0 Å². The fraction of sp³-hybridized carbons (Fsp3) is 0.333. The van der Waals surface area contributed by atoms with Crippen molar-refractivity contribution in [3.63, 3.8) is 0 Å². The molecule has 1 aromatic carbocycles. The number of alkyl halides is 2. The molecule has 0 saturated heterocycles. The van der Waals surface area contributed by atoms with Crippen LogP contribution in [-0.2, 0) is 10.0 Å². The highest BCUT2D eigenvalue weighted by Crippen LogP contribution is 2.28. The average molecular weight is 295 g/mol. The topological polar surface area (TPSA) is 107 Å². The van der Waals surface area contributed by atoms with Gasteiger partial charge in [-0.1, -0.05) is 0 Å². The fourth-order valence-corrected chi connectivity index (χ4v) is 2.64. The van der Waals surface area contributed by atoms with E-state index >= 15 is 0 Å². The number of hydrogen-bond acceptors (Lipinski definition) is 5. The highest BCUT2D eigenvalue weighted by atomic mass is 32.2. The van der Waals surface area contributed by atoms with Crippen LogP contribution in [0.4, 0.5) is 20.2 Å². The first-order chi connectivity index (χ1) is 8.66. The molecule has 1 rings (SSSR count). The van der Waals surface area contributed by atoms with Gasteiger partial charge in [-0.15, -0.1) is 0 Å². The average Bonchev–Trinajstić information content (AvgIpc) is 2.27. The molecule has 0 aromatic heterocycles. The molecule has 19 heavy (non-hydrogen) atoms. The quantitative estimate of drug-likeness (QED) is 0.496. The summed E-state index contributed by atoms with van der Waals surface area (Å²) in [5.74, 6) is 0. The number of nitrogen functional groups attached to an aromatic ring is 1. The molecule has 0 aliphatic rings. The maximum Gasteiger partial charge on any atom is 0.291 e. The molecule has 0 aliphatic heterocycles. The Bertz CT molecular complexity index is 591. The van der Waals surface area contributed by atoms with Gasteiger partial charge in [0.25, 0.3) is 12.1 Å². The Hall–Kier alpha value is -1.81. The molecule has 0 bridgehead atoms. The van der Waals surface area contributed by atoms with Gasteiger partial charge in [-0.05, 0) is 12.1 Å². The maximum absolute atomic E-state index is 12.2. The van der Waals surface area contributed by atoms with E-state index in [9.17, 15) is 27.3 Å². The van der Waals surface area contributed by atoms with E-state index < -0.39 is 38.5 Å². The number of nitrogens with two attached hydrogens (primary N) is 1. The van der Waals surface area contributed by atoms with Gasteiger partial charge in [0.05, 0.1) is 11.5 Å². The minimum absolute atomic E-state index is 0.00200. The molecular formula is C9H11F2N3O4S. The zero-order valence-electron chi connectivity index (χ0n) is 9.79. The van der Waals surface area contributed by atoms with Gasteiger partial charge in [0, 0.05) is 18.8 Å². The van der Waals surface area contributed by atoms with Crippen molar-refractivity contribution in [2.75, 3.05) is 19.3 Å². The highest BCUT2D eigenvalue weighted by molar-refractivity contribution is 7.89. The molecule has 0 heterocycles. The third kappa shape index (κ3) is 3.35. The van der Waals surface area contributed by atoms with Crippen LogP contribution in [0.1, 0.15) is 0 Å². The van der Waals surface area contributed by atoms with E-state index in [-0.39, 0.29) is 5.69 Å². The standard InChI is InChI=1S/C9H11F2N3O4S/c1-13(5-9(10)11)19(17,18)8-3-2-6(12)4-7(8)14(15)16/h2-4,9H,5,12H2,1H3. The van der Waals surface area contributed by atoms with Crippen molar-refractivity contribution in [2.24, 2.45) is 0 Å². The monoisotopic (exact) mass is 295 g/mol. The summed E-state index contributed by atoms with van der Waals surface area (Å²) in [6.45, 7) is -1.05. The molecule has 10 heteroatoms. The Labute approximate surface area is 107 Å². The number of nitrogens with zero attached hydrogens (tertiary/aromatic N) is 2. The predicted molar refractivity (Wildman–Crippen MR) is 63.3 cm³/mol. The number of hydrogen-bond donors (Lipinski definition) is 1. The summed E-state index contributed by atoms with van der Waals surface area (Å²) < 4.78 is 48.6. The molecule has 1 aromatic rings. The van der Waals surface area contributed by atoms with E-state index in [2.05, 4.69) is 0 Å². The molecule has 0 saturated carbocycles. The number of rotatable bonds is 5. The number of anilines is 1. The second kappa shape index (κ2) is 5.45. The minimum Gasteiger partial charge on any atom is -0.399 e. The molecule has 106 valence electrons. The van der Waals surface area contributed by atoms with Crippen LogP contribution >= 0.6 is 0 Å². The molecule has 0 atom stereocenters. The van der Waals surface area contributed by atoms with Gasteiger partial charge in [0.15, 0.2) is 4.90 Å².